The molecular formula is C16H35Cl2N3O. The Morgan fingerprint density at radius 3 is 2.59 bits per heavy atom. The van der Waals surface area contributed by atoms with E-state index in [1.54, 1.807) is 0 Å². The predicted molar refractivity (Wildman–Crippen MR) is 99.3 cm³/mol. The Kier molecular flexibility index (Phi) is 14.8. The minimum atomic E-state index is 0. The first kappa shape index (κ1) is 24.2. The van der Waals surface area contributed by atoms with Crippen LogP contribution < -0.4 is 10.6 Å². The number of rotatable bonds is 8. The first-order valence-electron chi connectivity index (χ1n) is 8.22. The molecule has 1 saturated heterocycles. The lowest BCUT2D eigenvalue weighted by Gasteiger charge is -2.28. The molecule has 3 atom stereocenters. The van der Waals surface area contributed by atoms with Crippen molar-refractivity contribution >= 4 is 30.7 Å². The van der Waals surface area contributed by atoms with Crippen LogP contribution in [-0.2, 0) is 4.79 Å². The third-order valence-electron chi connectivity index (χ3n) is 4.78. The van der Waals surface area contributed by atoms with Gasteiger partial charge in [-0.3, -0.25) is 4.79 Å². The maximum atomic E-state index is 12.0. The Hall–Kier alpha value is -0.0300. The number of halogens is 2. The standard InChI is InChI=1S/C16H33N3O.2ClH/c1-5-14(3)19(4)10-9-18-16(20)11-13(2)15-7-6-8-17-12-15;;/h13-15,17H,5-12H2,1-4H3,(H,18,20);2*1H. The van der Waals surface area contributed by atoms with E-state index in [1.165, 1.54) is 12.8 Å². The van der Waals surface area contributed by atoms with E-state index in [-0.39, 0.29) is 30.7 Å². The summed E-state index contributed by atoms with van der Waals surface area (Å²) in [5.41, 5.74) is 0. The number of likely N-dealkylation sites (N-methyl/N-ethyl adjacent to an activating group) is 1. The van der Waals surface area contributed by atoms with Gasteiger partial charge in [0.05, 0.1) is 0 Å². The summed E-state index contributed by atoms with van der Waals surface area (Å²) in [4.78, 5) is 14.3. The zero-order valence-corrected chi connectivity index (χ0v) is 16.2. The molecule has 0 aliphatic carbocycles. The average molecular weight is 356 g/mol. The van der Waals surface area contributed by atoms with Gasteiger partial charge in [0, 0.05) is 25.6 Å². The highest BCUT2D eigenvalue weighted by Gasteiger charge is 2.21. The van der Waals surface area contributed by atoms with E-state index in [1.807, 2.05) is 0 Å². The fraction of sp³-hybridized carbons (Fsp3) is 0.938. The summed E-state index contributed by atoms with van der Waals surface area (Å²) < 4.78 is 0. The molecule has 2 N–H and O–H groups in total. The van der Waals surface area contributed by atoms with Crippen molar-refractivity contribution in [3.63, 3.8) is 0 Å². The summed E-state index contributed by atoms with van der Waals surface area (Å²) in [7, 11) is 2.12. The first-order chi connectivity index (χ1) is 9.54. The highest BCUT2D eigenvalue weighted by molar-refractivity contribution is 5.85. The van der Waals surface area contributed by atoms with Crippen molar-refractivity contribution in [3.05, 3.63) is 0 Å². The summed E-state index contributed by atoms with van der Waals surface area (Å²) in [5, 5.41) is 6.49. The van der Waals surface area contributed by atoms with E-state index in [4.69, 9.17) is 0 Å². The minimum Gasteiger partial charge on any atom is -0.355 e. The van der Waals surface area contributed by atoms with Crippen LogP contribution in [0.25, 0.3) is 0 Å². The summed E-state index contributed by atoms with van der Waals surface area (Å²) in [6.45, 7) is 10.5. The molecule has 0 aromatic carbocycles. The number of carbonyl (C=O) groups is 1. The van der Waals surface area contributed by atoms with Crippen molar-refractivity contribution in [1.82, 2.24) is 15.5 Å². The van der Waals surface area contributed by atoms with E-state index >= 15 is 0 Å². The molecule has 1 rings (SSSR count). The van der Waals surface area contributed by atoms with Gasteiger partial charge in [-0.1, -0.05) is 13.8 Å². The number of amides is 1. The topological polar surface area (TPSA) is 44.4 Å². The molecular weight excluding hydrogens is 321 g/mol. The molecule has 6 heteroatoms. The van der Waals surface area contributed by atoms with Gasteiger partial charge >= 0.3 is 0 Å². The molecule has 1 heterocycles. The summed E-state index contributed by atoms with van der Waals surface area (Å²) in [5.74, 6) is 1.35. The van der Waals surface area contributed by atoms with Crippen molar-refractivity contribution < 1.29 is 4.79 Å². The zero-order valence-electron chi connectivity index (χ0n) is 14.6. The van der Waals surface area contributed by atoms with Crippen LogP contribution in [0.4, 0.5) is 0 Å². The van der Waals surface area contributed by atoms with Gasteiger partial charge in [0.2, 0.25) is 5.91 Å². The number of carbonyl (C=O) groups excluding carboxylic acids is 1. The van der Waals surface area contributed by atoms with E-state index in [0.29, 0.717) is 24.3 Å². The number of piperidine rings is 1. The highest BCUT2D eigenvalue weighted by atomic mass is 35.5. The van der Waals surface area contributed by atoms with Crippen LogP contribution in [0.3, 0.4) is 0 Å². The largest absolute Gasteiger partial charge is 0.355 e. The van der Waals surface area contributed by atoms with Crippen LogP contribution in [0.15, 0.2) is 0 Å². The smallest absolute Gasteiger partial charge is 0.220 e. The average Bonchev–Trinajstić information content (AvgIpc) is 2.47. The quantitative estimate of drug-likeness (QED) is 0.703. The van der Waals surface area contributed by atoms with Crippen LogP contribution in [0, 0.1) is 11.8 Å². The predicted octanol–water partition coefficient (Wildman–Crippen LogP) is 2.70. The summed E-state index contributed by atoms with van der Waals surface area (Å²) >= 11 is 0. The molecule has 0 aromatic heterocycles. The van der Waals surface area contributed by atoms with Crippen LogP contribution >= 0.6 is 24.8 Å². The van der Waals surface area contributed by atoms with Crippen LogP contribution in [0.1, 0.15) is 46.5 Å². The van der Waals surface area contributed by atoms with Crippen LogP contribution in [0.2, 0.25) is 0 Å². The molecule has 22 heavy (non-hydrogen) atoms. The summed E-state index contributed by atoms with van der Waals surface area (Å²) in [6, 6.07) is 0.583. The van der Waals surface area contributed by atoms with Crippen LogP contribution in [-0.4, -0.2) is 50.1 Å². The van der Waals surface area contributed by atoms with E-state index < -0.39 is 0 Å². The molecule has 4 nitrogen and oxygen atoms in total. The number of nitrogens with zero attached hydrogens (tertiary/aromatic N) is 1. The molecule has 1 fully saturated rings. The van der Waals surface area contributed by atoms with Crippen molar-refractivity contribution in [1.29, 1.82) is 0 Å². The third kappa shape index (κ3) is 9.19. The highest BCUT2D eigenvalue weighted by Crippen LogP contribution is 2.22. The third-order valence-corrected chi connectivity index (χ3v) is 4.78. The molecule has 134 valence electrons. The molecule has 0 aromatic rings. The second-order valence-corrected chi connectivity index (χ2v) is 6.38. The maximum absolute atomic E-state index is 12.0. The molecule has 0 saturated carbocycles. The van der Waals surface area contributed by atoms with Gasteiger partial charge in [-0.05, 0) is 58.2 Å². The van der Waals surface area contributed by atoms with Gasteiger partial charge in [0.1, 0.15) is 0 Å². The maximum Gasteiger partial charge on any atom is 0.220 e. The second kappa shape index (κ2) is 13.4. The van der Waals surface area contributed by atoms with Gasteiger partial charge in [0.15, 0.2) is 0 Å². The molecule has 3 unspecified atom stereocenters. The Morgan fingerprint density at radius 1 is 1.36 bits per heavy atom. The van der Waals surface area contributed by atoms with Crippen molar-refractivity contribution in [2.45, 2.75) is 52.5 Å². The molecule has 1 aliphatic heterocycles. The fourth-order valence-corrected chi connectivity index (χ4v) is 2.80. The van der Waals surface area contributed by atoms with Crippen molar-refractivity contribution in [2.24, 2.45) is 11.8 Å². The number of hydrogen-bond acceptors (Lipinski definition) is 3. The summed E-state index contributed by atoms with van der Waals surface area (Å²) in [6.07, 6.45) is 4.32. The zero-order chi connectivity index (χ0) is 15.0. The van der Waals surface area contributed by atoms with Crippen molar-refractivity contribution in [2.75, 3.05) is 33.2 Å². The molecule has 0 spiro atoms. The molecule has 1 amide bonds. The fourth-order valence-electron chi connectivity index (χ4n) is 2.80. The van der Waals surface area contributed by atoms with Crippen molar-refractivity contribution in [3.8, 4) is 0 Å². The van der Waals surface area contributed by atoms with Gasteiger partial charge in [-0.25, -0.2) is 0 Å². The lowest BCUT2D eigenvalue weighted by atomic mass is 9.85. The van der Waals surface area contributed by atoms with E-state index in [2.05, 4.69) is 43.4 Å². The first-order valence-corrected chi connectivity index (χ1v) is 8.22. The Bertz CT molecular complexity index is 287. The lowest BCUT2D eigenvalue weighted by molar-refractivity contribution is -0.122. The molecule has 0 bridgehead atoms. The van der Waals surface area contributed by atoms with E-state index in [9.17, 15) is 4.79 Å². The van der Waals surface area contributed by atoms with E-state index in [0.717, 1.165) is 32.6 Å². The Labute approximate surface area is 149 Å². The molecule has 1 aliphatic rings. The Morgan fingerprint density at radius 2 is 2.05 bits per heavy atom. The molecule has 0 radical (unpaired) electrons. The van der Waals surface area contributed by atoms with Crippen LogP contribution in [0.5, 0.6) is 0 Å². The van der Waals surface area contributed by atoms with Gasteiger partial charge < -0.3 is 15.5 Å². The Balaban J connectivity index is 0. The monoisotopic (exact) mass is 355 g/mol. The SMILES string of the molecule is CCC(C)N(C)CCNC(=O)CC(C)C1CCCNC1.Cl.Cl. The number of nitrogens with one attached hydrogen (secondary N) is 2. The lowest BCUT2D eigenvalue weighted by Crippen LogP contribution is -2.39. The van der Waals surface area contributed by atoms with Gasteiger partial charge in [-0.15, -0.1) is 24.8 Å². The second-order valence-electron chi connectivity index (χ2n) is 6.38. The van der Waals surface area contributed by atoms with Gasteiger partial charge in [-0.2, -0.15) is 0 Å². The number of hydrogen-bond donors (Lipinski definition) is 2. The normalized spacial score (nSPS) is 20.5. The minimum absolute atomic E-state index is 0. The van der Waals surface area contributed by atoms with Gasteiger partial charge in [0.25, 0.3) is 0 Å².